The Hall–Kier alpha value is -1.18. The normalized spacial score (nSPS) is 36.1. The molecule has 0 aromatic rings. The second-order valence-corrected chi connectivity index (χ2v) is 5.40. The largest absolute Gasteiger partial charge is 0.480 e. The molecule has 2 saturated heterocycles. The van der Waals surface area contributed by atoms with E-state index in [1.165, 1.54) is 0 Å². The number of rotatable bonds is 5. The first-order chi connectivity index (χ1) is 8.92. The minimum absolute atomic E-state index is 0.0313. The van der Waals surface area contributed by atoms with Crippen molar-refractivity contribution in [2.45, 2.75) is 50.2 Å². The maximum atomic E-state index is 11.7. The Balaban J connectivity index is 2.38. The van der Waals surface area contributed by atoms with Gasteiger partial charge in [0.25, 0.3) is 0 Å². The average molecular weight is 271 g/mol. The molecule has 2 unspecified atom stereocenters. The minimum Gasteiger partial charge on any atom is -0.480 e. The van der Waals surface area contributed by atoms with Crippen molar-refractivity contribution < 1.29 is 19.8 Å². The van der Waals surface area contributed by atoms with Crippen LogP contribution in [0.1, 0.15) is 33.1 Å². The van der Waals surface area contributed by atoms with E-state index in [1.54, 1.807) is 18.9 Å². The summed E-state index contributed by atoms with van der Waals surface area (Å²) in [7, 11) is 0. The lowest BCUT2D eigenvalue weighted by atomic mass is 9.81. The van der Waals surface area contributed by atoms with Crippen LogP contribution in [0.2, 0.25) is 0 Å². The molecule has 0 saturated carbocycles. The number of aliphatic carboxylic acids is 2. The maximum Gasteiger partial charge on any atom is 0.325 e. The van der Waals surface area contributed by atoms with Crippen LogP contribution in [0.25, 0.3) is 0 Å². The van der Waals surface area contributed by atoms with Crippen LogP contribution in [0.4, 0.5) is 0 Å². The van der Waals surface area contributed by atoms with Gasteiger partial charge in [0.05, 0.1) is 6.04 Å². The van der Waals surface area contributed by atoms with Crippen molar-refractivity contribution in [3.8, 4) is 0 Å². The Morgan fingerprint density at radius 1 is 1.21 bits per heavy atom. The van der Waals surface area contributed by atoms with Gasteiger partial charge in [-0.3, -0.25) is 9.59 Å². The summed E-state index contributed by atoms with van der Waals surface area (Å²) in [5.41, 5.74) is 0.677. The third-order valence-electron chi connectivity index (χ3n) is 4.51. The monoisotopic (exact) mass is 271 g/mol. The Morgan fingerprint density at radius 2 is 1.84 bits per heavy atom. The Labute approximate surface area is 111 Å². The van der Waals surface area contributed by atoms with Gasteiger partial charge in [0.1, 0.15) is 11.1 Å². The molecular weight excluding hydrogens is 250 g/mol. The van der Waals surface area contributed by atoms with Gasteiger partial charge in [-0.1, -0.05) is 13.8 Å². The van der Waals surface area contributed by atoms with E-state index in [1.807, 2.05) is 0 Å². The zero-order valence-electron chi connectivity index (χ0n) is 11.3. The van der Waals surface area contributed by atoms with Crippen LogP contribution in [0.5, 0.6) is 0 Å². The molecule has 108 valence electrons. The average Bonchev–Trinajstić information content (AvgIpc) is 2.64. The van der Waals surface area contributed by atoms with Gasteiger partial charge in [0, 0.05) is 19.5 Å². The fourth-order valence-electron chi connectivity index (χ4n) is 2.96. The first-order valence-electron chi connectivity index (χ1n) is 6.66. The molecule has 0 aromatic heterocycles. The van der Waals surface area contributed by atoms with Crippen molar-refractivity contribution in [1.29, 1.82) is 0 Å². The highest BCUT2D eigenvalue weighted by Crippen LogP contribution is 2.40. The summed E-state index contributed by atoms with van der Waals surface area (Å²) in [4.78, 5) is 23.3. The number of hydrazine groups is 1. The zero-order valence-corrected chi connectivity index (χ0v) is 11.3. The zero-order chi connectivity index (χ0) is 14.3. The van der Waals surface area contributed by atoms with Crippen molar-refractivity contribution in [3.63, 3.8) is 0 Å². The van der Waals surface area contributed by atoms with Crippen LogP contribution in [-0.2, 0) is 9.59 Å². The quantitative estimate of drug-likeness (QED) is 0.541. The van der Waals surface area contributed by atoms with Crippen molar-refractivity contribution in [1.82, 2.24) is 15.8 Å². The van der Waals surface area contributed by atoms with Crippen LogP contribution in [-0.4, -0.2) is 57.4 Å². The topological polar surface area (TPSA) is 102 Å². The van der Waals surface area contributed by atoms with E-state index in [-0.39, 0.29) is 12.5 Å². The predicted octanol–water partition coefficient (Wildman–Crippen LogP) is -0.365. The summed E-state index contributed by atoms with van der Waals surface area (Å²) in [6.07, 6.45) is 0.822. The lowest BCUT2D eigenvalue weighted by molar-refractivity contribution is -0.154. The summed E-state index contributed by atoms with van der Waals surface area (Å²) >= 11 is 0. The third kappa shape index (κ3) is 1.92. The molecule has 2 atom stereocenters. The Bertz CT molecular complexity index is 398. The molecule has 0 radical (unpaired) electrons. The van der Waals surface area contributed by atoms with E-state index in [9.17, 15) is 19.8 Å². The lowest BCUT2D eigenvalue weighted by Crippen LogP contribution is -2.68. The van der Waals surface area contributed by atoms with Gasteiger partial charge in [0.2, 0.25) is 0 Å². The van der Waals surface area contributed by atoms with Crippen LogP contribution in [0, 0.1) is 0 Å². The van der Waals surface area contributed by atoms with Gasteiger partial charge in [-0.05, 0) is 12.8 Å². The van der Waals surface area contributed by atoms with Gasteiger partial charge in [-0.15, -0.1) is 0 Å². The molecule has 19 heavy (non-hydrogen) atoms. The van der Waals surface area contributed by atoms with E-state index in [2.05, 4.69) is 10.7 Å². The maximum absolute atomic E-state index is 11.7. The standard InChI is InChI=1S/C12H21N3O4/c1-3-11(9(16)17)7-12(4-2,10(18)19)15(14-11)8-5-13-6-8/h8,13-14H,3-7H2,1-2H3,(H,16,17)(H,18,19). The Morgan fingerprint density at radius 3 is 2.16 bits per heavy atom. The summed E-state index contributed by atoms with van der Waals surface area (Å²) in [6.45, 7) is 4.93. The minimum atomic E-state index is -1.18. The van der Waals surface area contributed by atoms with E-state index in [0.717, 1.165) is 0 Å². The smallest absolute Gasteiger partial charge is 0.325 e. The molecule has 7 nitrogen and oxygen atoms in total. The number of nitrogens with zero attached hydrogens (tertiary/aromatic N) is 1. The van der Waals surface area contributed by atoms with E-state index in [0.29, 0.717) is 25.9 Å². The van der Waals surface area contributed by atoms with Crippen LogP contribution < -0.4 is 10.7 Å². The SMILES string of the molecule is CCC1(C(=O)O)CC(CC)(C(=O)O)N(C2CNC2)N1. The van der Waals surface area contributed by atoms with Gasteiger partial charge >= 0.3 is 11.9 Å². The molecule has 0 aromatic carbocycles. The Kier molecular flexibility index (Phi) is 3.55. The summed E-state index contributed by atoms with van der Waals surface area (Å²) in [5, 5.41) is 23.8. The van der Waals surface area contributed by atoms with Crippen LogP contribution in [0.15, 0.2) is 0 Å². The highest BCUT2D eigenvalue weighted by atomic mass is 16.4. The number of hydrogen-bond acceptors (Lipinski definition) is 5. The molecule has 2 aliphatic heterocycles. The van der Waals surface area contributed by atoms with Gasteiger partial charge in [0.15, 0.2) is 0 Å². The highest BCUT2D eigenvalue weighted by molar-refractivity contribution is 5.85. The van der Waals surface area contributed by atoms with Crippen molar-refractivity contribution in [2.75, 3.05) is 13.1 Å². The van der Waals surface area contributed by atoms with Crippen molar-refractivity contribution in [2.24, 2.45) is 0 Å². The van der Waals surface area contributed by atoms with E-state index < -0.39 is 23.0 Å². The molecule has 4 N–H and O–H groups in total. The number of carboxylic acids is 2. The first kappa shape index (κ1) is 14.2. The molecule has 2 heterocycles. The second kappa shape index (κ2) is 4.73. The number of carboxylic acid groups (broad SMARTS) is 2. The molecule has 0 bridgehead atoms. The van der Waals surface area contributed by atoms with Crippen LogP contribution in [0.3, 0.4) is 0 Å². The van der Waals surface area contributed by atoms with Gasteiger partial charge < -0.3 is 15.5 Å². The number of hydrogen-bond donors (Lipinski definition) is 4. The molecule has 2 rings (SSSR count). The molecule has 0 spiro atoms. The molecule has 7 heteroatoms. The van der Waals surface area contributed by atoms with Crippen molar-refractivity contribution >= 4 is 11.9 Å². The lowest BCUT2D eigenvalue weighted by Gasteiger charge is -2.43. The van der Waals surface area contributed by atoms with Gasteiger partial charge in [-0.25, -0.2) is 10.4 Å². The summed E-state index contributed by atoms with van der Waals surface area (Å²) < 4.78 is 0. The molecule has 2 aliphatic rings. The molecule has 2 fully saturated rings. The first-order valence-corrected chi connectivity index (χ1v) is 6.66. The highest BCUT2D eigenvalue weighted by Gasteiger charge is 2.61. The van der Waals surface area contributed by atoms with E-state index in [4.69, 9.17) is 0 Å². The molecular formula is C12H21N3O4. The summed E-state index contributed by atoms with van der Waals surface area (Å²) in [6, 6.07) is 0.0313. The number of carbonyl (C=O) groups is 2. The second-order valence-electron chi connectivity index (χ2n) is 5.40. The number of nitrogens with one attached hydrogen (secondary N) is 2. The van der Waals surface area contributed by atoms with Crippen LogP contribution >= 0.6 is 0 Å². The fourth-order valence-corrected chi connectivity index (χ4v) is 2.96. The predicted molar refractivity (Wildman–Crippen MR) is 67.6 cm³/mol. The molecule has 0 aliphatic carbocycles. The van der Waals surface area contributed by atoms with E-state index >= 15 is 0 Å². The van der Waals surface area contributed by atoms with Crippen molar-refractivity contribution in [3.05, 3.63) is 0 Å². The molecule has 0 amide bonds. The summed E-state index contributed by atoms with van der Waals surface area (Å²) in [5.74, 6) is -1.94. The van der Waals surface area contributed by atoms with Gasteiger partial charge in [-0.2, -0.15) is 0 Å². The third-order valence-corrected chi connectivity index (χ3v) is 4.51. The fraction of sp³-hybridized carbons (Fsp3) is 0.833.